The third-order valence-electron chi connectivity index (χ3n) is 2.59. The first-order chi connectivity index (χ1) is 10.7. The smallest absolute Gasteiger partial charge is 0.356 e. The van der Waals surface area contributed by atoms with Crippen LogP contribution in [0.5, 0.6) is 0 Å². The van der Waals surface area contributed by atoms with Crippen molar-refractivity contribution in [3.8, 4) is 5.82 Å². The molecule has 7 nitrogen and oxygen atoms in total. The van der Waals surface area contributed by atoms with Crippen LogP contribution in [-0.2, 0) is 6.18 Å². The quantitative estimate of drug-likeness (QED) is 0.291. The number of hydrogen-bond acceptors (Lipinski definition) is 4. The lowest BCUT2D eigenvalue weighted by Gasteiger charge is -2.08. The molecule has 11 heteroatoms. The lowest BCUT2D eigenvalue weighted by molar-refractivity contribution is -0.752. The predicted octanol–water partition coefficient (Wildman–Crippen LogP) is 1.73. The molecular formula is C12H10ClF3N5O2+. The molecule has 2 rings (SSSR count). The molecule has 2 N–H and O–H groups in total. The van der Waals surface area contributed by atoms with Crippen LogP contribution in [0, 0.1) is 0 Å². The van der Waals surface area contributed by atoms with E-state index in [1.54, 1.807) is 0 Å². The number of pyridine rings is 1. The maximum absolute atomic E-state index is 12.6. The van der Waals surface area contributed by atoms with Crippen molar-refractivity contribution < 1.29 is 27.9 Å². The Balaban J connectivity index is 2.27. The van der Waals surface area contributed by atoms with Gasteiger partial charge >= 0.3 is 12.1 Å². The largest absolute Gasteiger partial charge is 0.417 e. The van der Waals surface area contributed by atoms with Crippen molar-refractivity contribution in [1.82, 2.24) is 20.1 Å². The second-order valence-electron chi connectivity index (χ2n) is 4.38. The molecule has 2 heterocycles. The summed E-state index contributed by atoms with van der Waals surface area (Å²) in [6.07, 6.45) is -0.519. The summed E-state index contributed by atoms with van der Waals surface area (Å²) < 4.78 is 39.4. The molecule has 0 saturated carbocycles. The summed E-state index contributed by atoms with van der Waals surface area (Å²) in [6.45, 7) is 0. The maximum atomic E-state index is 12.6. The molecule has 122 valence electrons. The second kappa shape index (κ2) is 6.24. The van der Waals surface area contributed by atoms with Crippen molar-refractivity contribution >= 4 is 23.8 Å². The molecular weight excluding hydrogens is 339 g/mol. The van der Waals surface area contributed by atoms with Gasteiger partial charge in [0.05, 0.1) is 16.8 Å². The molecule has 2 aromatic rings. The SMILES string of the molecule is C[N+](O)=CNC(=O)c1cnn(-c2ncc(C(F)(F)F)cc2Cl)c1. The lowest BCUT2D eigenvalue weighted by atomic mass is 10.3. The van der Waals surface area contributed by atoms with E-state index in [1.165, 1.54) is 19.4 Å². The summed E-state index contributed by atoms with van der Waals surface area (Å²) in [6, 6.07) is 0.722. The average molecular weight is 349 g/mol. The number of carbonyl (C=O) groups is 1. The molecule has 0 atom stereocenters. The average Bonchev–Trinajstić information content (AvgIpc) is 2.93. The fraction of sp³-hybridized carbons (Fsp3) is 0.167. The van der Waals surface area contributed by atoms with E-state index in [4.69, 9.17) is 16.8 Å². The van der Waals surface area contributed by atoms with Crippen molar-refractivity contribution in [3.63, 3.8) is 0 Å². The Morgan fingerprint density at radius 1 is 1.48 bits per heavy atom. The van der Waals surface area contributed by atoms with E-state index in [-0.39, 0.29) is 16.4 Å². The third kappa shape index (κ3) is 3.97. The summed E-state index contributed by atoms with van der Waals surface area (Å²) in [5.41, 5.74) is -0.891. The number of hydrogen-bond donors (Lipinski definition) is 2. The molecule has 0 aliphatic rings. The van der Waals surface area contributed by atoms with Crippen LogP contribution in [0.4, 0.5) is 13.2 Å². The molecule has 0 aliphatic carbocycles. The van der Waals surface area contributed by atoms with Gasteiger partial charge in [0, 0.05) is 12.4 Å². The van der Waals surface area contributed by atoms with E-state index in [2.05, 4.69) is 15.4 Å². The molecule has 2 aromatic heterocycles. The molecule has 0 aromatic carbocycles. The fourth-order valence-electron chi connectivity index (χ4n) is 1.55. The zero-order chi connectivity index (χ0) is 17.2. The molecule has 0 fully saturated rings. The Hall–Kier alpha value is -2.62. The number of amides is 1. The molecule has 23 heavy (non-hydrogen) atoms. The van der Waals surface area contributed by atoms with Gasteiger partial charge in [-0.25, -0.2) is 19.8 Å². The molecule has 0 radical (unpaired) electrons. The highest BCUT2D eigenvalue weighted by Crippen LogP contribution is 2.31. The van der Waals surface area contributed by atoms with Crippen LogP contribution in [0.2, 0.25) is 5.02 Å². The fourth-order valence-corrected chi connectivity index (χ4v) is 1.80. The molecule has 0 saturated heterocycles. The van der Waals surface area contributed by atoms with Gasteiger partial charge in [-0.15, -0.1) is 0 Å². The van der Waals surface area contributed by atoms with Crippen molar-refractivity contribution in [2.24, 2.45) is 0 Å². The number of hydroxylamine groups is 1. The highest BCUT2D eigenvalue weighted by atomic mass is 35.5. The minimum absolute atomic E-state index is 0.0537. The van der Waals surface area contributed by atoms with E-state index in [1.807, 2.05) is 0 Å². The van der Waals surface area contributed by atoms with E-state index in [9.17, 15) is 18.0 Å². The van der Waals surface area contributed by atoms with Gasteiger partial charge in [0.2, 0.25) is 0 Å². The number of nitrogens with one attached hydrogen (secondary N) is 1. The number of rotatable bonds is 3. The monoisotopic (exact) mass is 348 g/mol. The van der Waals surface area contributed by atoms with Crippen LogP contribution in [0.3, 0.4) is 0 Å². The van der Waals surface area contributed by atoms with Crippen molar-refractivity contribution in [3.05, 3.63) is 40.8 Å². The van der Waals surface area contributed by atoms with Gasteiger partial charge in [-0.3, -0.25) is 0 Å². The lowest BCUT2D eigenvalue weighted by Crippen LogP contribution is -2.25. The van der Waals surface area contributed by atoms with E-state index >= 15 is 0 Å². The molecule has 1 amide bonds. The Morgan fingerprint density at radius 2 is 2.17 bits per heavy atom. The van der Waals surface area contributed by atoms with Crippen molar-refractivity contribution in [1.29, 1.82) is 0 Å². The summed E-state index contributed by atoms with van der Waals surface area (Å²) in [5, 5.41) is 14.7. The van der Waals surface area contributed by atoms with Gasteiger partial charge in [-0.05, 0) is 6.07 Å². The number of carbonyl (C=O) groups excluding carboxylic acids is 1. The number of halogens is 4. The van der Waals surface area contributed by atoms with E-state index < -0.39 is 17.6 Å². The van der Waals surface area contributed by atoms with Gasteiger partial charge < -0.3 is 5.21 Å². The first-order valence-corrected chi connectivity index (χ1v) is 6.40. The first kappa shape index (κ1) is 16.7. The Morgan fingerprint density at radius 3 is 2.74 bits per heavy atom. The normalized spacial score (nSPS) is 12.3. The van der Waals surface area contributed by atoms with Gasteiger partial charge in [0.1, 0.15) is 12.6 Å². The molecule has 0 unspecified atom stereocenters. The van der Waals surface area contributed by atoms with Crippen molar-refractivity contribution in [2.75, 3.05) is 7.05 Å². The van der Waals surface area contributed by atoms with Crippen LogP contribution in [-0.4, -0.2) is 44.0 Å². The summed E-state index contributed by atoms with van der Waals surface area (Å²) in [4.78, 5) is 15.4. The Kier molecular flexibility index (Phi) is 4.55. The van der Waals surface area contributed by atoms with Gasteiger partial charge in [0.25, 0.3) is 6.34 Å². The third-order valence-corrected chi connectivity index (χ3v) is 2.87. The zero-order valence-corrected chi connectivity index (χ0v) is 12.3. The first-order valence-electron chi connectivity index (χ1n) is 6.02. The van der Waals surface area contributed by atoms with Crippen molar-refractivity contribution in [2.45, 2.75) is 6.18 Å². The van der Waals surface area contributed by atoms with E-state index in [0.29, 0.717) is 10.9 Å². The standard InChI is InChI=1S/C12H9ClF3N5O2/c1-20(23)6-18-11(22)7-3-19-21(5-7)10-9(13)2-8(4-17-10)12(14,15)16/h2-6,23H,1H3/p+1. The van der Waals surface area contributed by atoms with Crippen LogP contribution in [0.25, 0.3) is 5.82 Å². The summed E-state index contributed by atoms with van der Waals surface area (Å²) in [7, 11) is 1.29. The topological polar surface area (TPSA) is 83.0 Å². The second-order valence-corrected chi connectivity index (χ2v) is 4.78. The van der Waals surface area contributed by atoms with Gasteiger partial charge in [0.15, 0.2) is 5.82 Å². The summed E-state index contributed by atoms with van der Waals surface area (Å²) >= 11 is 5.79. The molecule has 0 spiro atoms. The minimum Gasteiger partial charge on any atom is -0.356 e. The predicted molar refractivity (Wildman–Crippen MR) is 72.9 cm³/mol. The molecule has 0 bridgehead atoms. The minimum atomic E-state index is -4.56. The molecule has 0 aliphatic heterocycles. The number of aromatic nitrogens is 3. The number of alkyl halides is 3. The summed E-state index contributed by atoms with van der Waals surface area (Å²) in [5.74, 6) is -0.637. The zero-order valence-electron chi connectivity index (χ0n) is 11.5. The van der Waals surface area contributed by atoms with E-state index in [0.717, 1.165) is 17.1 Å². The van der Waals surface area contributed by atoms with Crippen LogP contribution >= 0.6 is 11.6 Å². The maximum Gasteiger partial charge on any atom is 0.417 e. The Labute approximate surface area is 132 Å². The van der Waals surface area contributed by atoms with Crippen LogP contribution in [0.1, 0.15) is 15.9 Å². The highest BCUT2D eigenvalue weighted by Gasteiger charge is 2.31. The highest BCUT2D eigenvalue weighted by molar-refractivity contribution is 6.32. The van der Waals surface area contributed by atoms with Crippen LogP contribution < -0.4 is 5.32 Å². The van der Waals surface area contributed by atoms with Crippen LogP contribution in [0.15, 0.2) is 24.7 Å². The van der Waals surface area contributed by atoms with Gasteiger partial charge in [-0.1, -0.05) is 16.3 Å². The Bertz CT molecular complexity index is 768. The number of nitrogens with zero attached hydrogens (tertiary/aromatic N) is 4. The van der Waals surface area contributed by atoms with Gasteiger partial charge in [-0.2, -0.15) is 18.3 Å².